The van der Waals surface area contributed by atoms with Crippen LogP contribution in [0.1, 0.15) is 0 Å². The van der Waals surface area contributed by atoms with Gasteiger partial charge in [-0.15, -0.1) is 13.2 Å². The minimum Gasteiger partial charge on any atom is -0.496 e. The lowest BCUT2D eigenvalue weighted by Crippen LogP contribution is -2.31. The molecule has 0 aliphatic heterocycles. The van der Waals surface area contributed by atoms with Crippen molar-refractivity contribution in [2.75, 3.05) is 25.5 Å². The van der Waals surface area contributed by atoms with Crippen molar-refractivity contribution in [3.05, 3.63) is 86.2 Å². The van der Waals surface area contributed by atoms with E-state index in [4.69, 9.17) is 4.74 Å². The number of ether oxygens (including phenoxy) is 1. The Balaban J connectivity index is 1.90. The molecule has 0 atom stereocenters. The highest BCUT2D eigenvalue weighted by Gasteiger charge is 2.22. The number of nitrogens with zero attached hydrogens (tertiary/aromatic N) is 3. The van der Waals surface area contributed by atoms with Crippen LogP contribution < -0.4 is 10.1 Å². The minimum atomic E-state index is -3.70. The molecule has 0 fully saturated rings. The Labute approximate surface area is 182 Å². The first-order chi connectivity index (χ1) is 15.0. The first kappa shape index (κ1) is 22.2. The molecule has 0 radical (unpaired) electrons. The van der Waals surface area contributed by atoms with E-state index in [9.17, 15) is 8.42 Å². The number of para-hydroxylation sites is 1. The van der Waals surface area contributed by atoms with Gasteiger partial charge in [-0.05, 0) is 30.3 Å². The van der Waals surface area contributed by atoms with Gasteiger partial charge in [-0.3, -0.25) is 0 Å². The molecule has 160 valence electrons. The van der Waals surface area contributed by atoms with Crippen LogP contribution in [0.5, 0.6) is 5.75 Å². The van der Waals surface area contributed by atoms with Crippen LogP contribution in [0.25, 0.3) is 11.3 Å². The topological polar surface area (TPSA) is 84.4 Å². The SMILES string of the molecule is C=CCN(CC=C)S(=O)(=O)c1cccc(Nc2cc(-c3ccccc3OC)ncn2)c1. The van der Waals surface area contributed by atoms with Gasteiger partial charge >= 0.3 is 0 Å². The van der Waals surface area contributed by atoms with Crippen LogP contribution in [0.4, 0.5) is 11.5 Å². The molecule has 0 aliphatic rings. The Morgan fingerprint density at radius 2 is 1.77 bits per heavy atom. The van der Waals surface area contributed by atoms with Gasteiger partial charge in [0, 0.05) is 30.4 Å². The monoisotopic (exact) mass is 436 g/mol. The average Bonchev–Trinajstić information content (AvgIpc) is 2.79. The fraction of sp³-hybridized carbons (Fsp3) is 0.130. The highest BCUT2D eigenvalue weighted by Crippen LogP contribution is 2.29. The summed E-state index contributed by atoms with van der Waals surface area (Å²) in [4.78, 5) is 8.75. The van der Waals surface area contributed by atoms with Gasteiger partial charge < -0.3 is 10.1 Å². The lowest BCUT2D eigenvalue weighted by molar-refractivity contribution is 0.416. The summed E-state index contributed by atoms with van der Waals surface area (Å²) in [6.45, 7) is 7.66. The van der Waals surface area contributed by atoms with Crippen LogP contribution in [-0.4, -0.2) is 42.9 Å². The number of hydrogen-bond donors (Lipinski definition) is 1. The molecular weight excluding hydrogens is 412 g/mol. The standard InChI is InChI=1S/C23H24N4O3S/c1-4-13-27(14-5-2)31(28,29)19-10-8-9-18(15-19)26-23-16-21(24-17-25-23)20-11-6-7-12-22(20)30-3/h4-12,15-17H,1-2,13-14H2,3H3,(H,24,25,26). The summed E-state index contributed by atoms with van der Waals surface area (Å²) < 4.78 is 32.7. The zero-order valence-corrected chi connectivity index (χ0v) is 18.0. The molecule has 7 nitrogen and oxygen atoms in total. The van der Waals surface area contributed by atoms with Gasteiger partial charge in [0.15, 0.2) is 0 Å². The molecule has 0 amide bonds. The first-order valence-corrected chi connectivity index (χ1v) is 11.0. The third-order valence-electron chi connectivity index (χ3n) is 4.46. The van der Waals surface area contributed by atoms with E-state index < -0.39 is 10.0 Å². The van der Waals surface area contributed by atoms with Crippen molar-refractivity contribution in [2.45, 2.75) is 4.90 Å². The molecule has 3 aromatic rings. The molecule has 0 bridgehead atoms. The third kappa shape index (κ3) is 5.17. The molecule has 0 spiro atoms. The van der Waals surface area contributed by atoms with Crippen molar-refractivity contribution >= 4 is 21.5 Å². The third-order valence-corrected chi connectivity index (χ3v) is 6.29. The van der Waals surface area contributed by atoms with Gasteiger partial charge in [0.05, 0.1) is 17.7 Å². The molecule has 0 unspecified atom stereocenters. The number of nitrogens with one attached hydrogen (secondary N) is 1. The van der Waals surface area contributed by atoms with E-state index in [-0.39, 0.29) is 18.0 Å². The van der Waals surface area contributed by atoms with E-state index in [1.807, 2.05) is 24.3 Å². The van der Waals surface area contributed by atoms with Gasteiger partial charge in [0.1, 0.15) is 17.9 Å². The van der Waals surface area contributed by atoms with Crippen LogP contribution in [0.3, 0.4) is 0 Å². The molecule has 31 heavy (non-hydrogen) atoms. The largest absolute Gasteiger partial charge is 0.496 e. The Morgan fingerprint density at radius 1 is 1.03 bits per heavy atom. The number of rotatable bonds is 10. The zero-order valence-electron chi connectivity index (χ0n) is 17.2. The molecule has 1 N–H and O–H groups in total. The van der Waals surface area contributed by atoms with Crippen molar-refractivity contribution in [1.82, 2.24) is 14.3 Å². The second-order valence-electron chi connectivity index (χ2n) is 6.54. The lowest BCUT2D eigenvalue weighted by atomic mass is 10.1. The smallest absolute Gasteiger partial charge is 0.243 e. The summed E-state index contributed by atoms with van der Waals surface area (Å²) in [5.74, 6) is 1.23. The Bertz CT molecular complexity index is 1170. The summed E-state index contributed by atoms with van der Waals surface area (Å²) in [7, 11) is -2.09. The summed E-state index contributed by atoms with van der Waals surface area (Å²) in [6, 6.07) is 15.9. The van der Waals surface area contributed by atoms with E-state index in [0.29, 0.717) is 22.9 Å². The van der Waals surface area contributed by atoms with Gasteiger partial charge in [-0.25, -0.2) is 18.4 Å². The van der Waals surface area contributed by atoms with E-state index in [0.717, 1.165) is 5.56 Å². The number of hydrogen-bond acceptors (Lipinski definition) is 6. The van der Waals surface area contributed by atoms with Crippen LogP contribution >= 0.6 is 0 Å². The van der Waals surface area contributed by atoms with Crippen LogP contribution in [0.15, 0.2) is 91.1 Å². The maximum absolute atomic E-state index is 13.0. The molecule has 3 rings (SSSR count). The summed E-state index contributed by atoms with van der Waals surface area (Å²) >= 11 is 0. The van der Waals surface area contributed by atoms with Crippen molar-refractivity contribution in [2.24, 2.45) is 0 Å². The molecule has 0 aliphatic carbocycles. The molecule has 1 heterocycles. The highest BCUT2D eigenvalue weighted by molar-refractivity contribution is 7.89. The Kier molecular flexibility index (Phi) is 7.17. The van der Waals surface area contributed by atoms with Crippen molar-refractivity contribution in [3.63, 3.8) is 0 Å². The number of anilines is 2. The van der Waals surface area contributed by atoms with E-state index in [1.165, 1.54) is 10.6 Å². The quantitative estimate of drug-likeness (QED) is 0.478. The predicted molar refractivity (Wildman–Crippen MR) is 123 cm³/mol. The van der Waals surface area contributed by atoms with Crippen LogP contribution in [-0.2, 0) is 10.0 Å². The highest BCUT2D eigenvalue weighted by atomic mass is 32.2. The number of methoxy groups -OCH3 is 1. The van der Waals surface area contributed by atoms with E-state index >= 15 is 0 Å². The van der Waals surface area contributed by atoms with E-state index in [1.54, 1.807) is 49.6 Å². The second kappa shape index (κ2) is 10.0. The fourth-order valence-corrected chi connectivity index (χ4v) is 4.45. The Morgan fingerprint density at radius 3 is 2.48 bits per heavy atom. The Hall–Kier alpha value is -3.49. The van der Waals surface area contributed by atoms with Crippen LogP contribution in [0.2, 0.25) is 0 Å². The zero-order chi connectivity index (χ0) is 22.3. The van der Waals surface area contributed by atoms with Crippen molar-refractivity contribution in [3.8, 4) is 17.0 Å². The first-order valence-electron chi connectivity index (χ1n) is 9.54. The van der Waals surface area contributed by atoms with Gasteiger partial charge in [0.2, 0.25) is 10.0 Å². The maximum Gasteiger partial charge on any atom is 0.243 e. The van der Waals surface area contributed by atoms with Crippen LogP contribution in [0, 0.1) is 0 Å². The molecular formula is C23H24N4O3S. The molecule has 8 heteroatoms. The van der Waals surface area contributed by atoms with Crippen molar-refractivity contribution in [1.29, 1.82) is 0 Å². The maximum atomic E-state index is 13.0. The number of aromatic nitrogens is 2. The molecule has 0 saturated heterocycles. The van der Waals surface area contributed by atoms with E-state index in [2.05, 4.69) is 28.4 Å². The molecule has 2 aromatic carbocycles. The van der Waals surface area contributed by atoms with Gasteiger partial charge in [-0.1, -0.05) is 30.4 Å². The fourth-order valence-electron chi connectivity index (χ4n) is 3.02. The van der Waals surface area contributed by atoms with Gasteiger partial charge in [-0.2, -0.15) is 4.31 Å². The van der Waals surface area contributed by atoms with Crippen molar-refractivity contribution < 1.29 is 13.2 Å². The predicted octanol–water partition coefficient (Wildman–Crippen LogP) is 4.26. The second-order valence-corrected chi connectivity index (χ2v) is 8.48. The normalized spacial score (nSPS) is 11.2. The van der Waals surface area contributed by atoms with Gasteiger partial charge in [0.25, 0.3) is 0 Å². The summed E-state index contributed by atoms with van der Waals surface area (Å²) in [5, 5.41) is 3.15. The number of benzene rings is 2. The summed E-state index contributed by atoms with van der Waals surface area (Å²) in [5.41, 5.74) is 2.10. The summed E-state index contributed by atoms with van der Waals surface area (Å²) in [6.07, 6.45) is 4.54. The number of sulfonamides is 1. The lowest BCUT2D eigenvalue weighted by Gasteiger charge is -2.19. The average molecular weight is 437 g/mol. The molecule has 0 saturated carbocycles. The minimum absolute atomic E-state index is 0.167. The molecule has 1 aromatic heterocycles.